The van der Waals surface area contributed by atoms with E-state index in [9.17, 15) is 0 Å². The third-order valence-corrected chi connectivity index (χ3v) is 10.1. The molecule has 7 aromatic rings. The molecule has 8 rings (SSSR count). The molecule has 0 fully saturated rings. The van der Waals surface area contributed by atoms with Gasteiger partial charge in [-0.3, -0.25) is 0 Å². The van der Waals surface area contributed by atoms with Gasteiger partial charge in [0.15, 0.2) is 0 Å². The molecule has 5 aromatic carbocycles. The Morgan fingerprint density at radius 1 is 0.578 bits per heavy atom. The van der Waals surface area contributed by atoms with Crippen molar-refractivity contribution < 1.29 is 0 Å². The minimum absolute atomic E-state index is 0.254. The molecule has 222 valence electrons. The first-order chi connectivity index (χ1) is 22.2. The van der Waals surface area contributed by atoms with E-state index in [1.54, 1.807) is 0 Å². The Labute approximate surface area is 265 Å². The Kier molecular flexibility index (Phi) is 7.02. The summed E-state index contributed by atoms with van der Waals surface area (Å²) in [6.07, 6.45) is 1.99. The van der Waals surface area contributed by atoms with Gasteiger partial charge >= 0.3 is 0 Å². The average Bonchev–Trinajstić information content (AvgIpc) is 3.51. The van der Waals surface area contributed by atoms with Gasteiger partial charge in [-0.25, -0.2) is 0 Å². The van der Waals surface area contributed by atoms with Gasteiger partial charge < -0.3 is 14.5 Å². The molecule has 0 aliphatic carbocycles. The number of aromatic nitrogens is 2. The Morgan fingerprint density at radius 3 is 1.80 bits per heavy atom. The van der Waals surface area contributed by atoms with Crippen LogP contribution in [0.15, 0.2) is 133 Å². The predicted molar refractivity (Wildman–Crippen MR) is 188 cm³/mol. The third kappa shape index (κ3) is 4.93. The highest BCUT2D eigenvalue weighted by atomic mass is 15.0. The molecule has 0 radical (unpaired) electrons. The van der Waals surface area contributed by atoms with Crippen LogP contribution in [0.1, 0.15) is 45.1 Å². The first-order valence-electron chi connectivity index (χ1n) is 16.2. The van der Waals surface area contributed by atoms with Crippen molar-refractivity contribution in [2.75, 3.05) is 5.32 Å². The molecule has 0 saturated carbocycles. The van der Waals surface area contributed by atoms with Crippen molar-refractivity contribution >= 4 is 27.5 Å². The Morgan fingerprint density at radius 2 is 1.11 bits per heavy atom. The molecule has 3 nitrogen and oxygen atoms in total. The molecule has 3 heterocycles. The molecule has 3 heteroatoms. The molecule has 0 spiro atoms. The van der Waals surface area contributed by atoms with Gasteiger partial charge in [0.05, 0.1) is 0 Å². The van der Waals surface area contributed by atoms with Crippen LogP contribution in [0.3, 0.4) is 0 Å². The zero-order valence-electron chi connectivity index (χ0n) is 26.1. The summed E-state index contributed by atoms with van der Waals surface area (Å²) in [4.78, 5) is 0. The predicted octanol–water partition coefficient (Wildman–Crippen LogP) is 9.67. The lowest BCUT2D eigenvalue weighted by Crippen LogP contribution is -2.36. The van der Waals surface area contributed by atoms with E-state index in [1.807, 2.05) is 0 Å². The summed E-state index contributed by atoms with van der Waals surface area (Å²) in [6.45, 7) is 6.41. The molecule has 45 heavy (non-hydrogen) atoms. The van der Waals surface area contributed by atoms with Crippen LogP contribution >= 0.6 is 0 Å². The number of nitrogens with zero attached hydrogens (tertiary/aromatic N) is 2. The van der Waals surface area contributed by atoms with Gasteiger partial charge in [-0.15, -0.1) is 0 Å². The van der Waals surface area contributed by atoms with Gasteiger partial charge in [0.25, 0.3) is 0 Å². The molecule has 0 saturated heterocycles. The summed E-state index contributed by atoms with van der Waals surface area (Å²) in [6, 6.07) is 48.9. The largest absolute Gasteiger partial charge is 0.381 e. The molecule has 2 aromatic heterocycles. The number of hydrogen-bond donors (Lipinski definition) is 1. The lowest BCUT2D eigenvalue weighted by molar-refractivity contribution is 0.536. The van der Waals surface area contributed by atoms with Crippen LogP contribution in [0.5, 0.6) is 0 Å². The Hall–Kier alpha value is -5.02. The summed E-state index contributed by atoms with van der Waals surface area (Å²) in [7, 11) is 0. The summed E-state index contributed by atoms with van der Waals surface area (Å²) in [5.41, 5.74) is 13.7. The summed E-state index contributed by atoms with van der Waals surface area (Å²) < 4.78 is 5.05. The van der Waals surface area contributed by atoms with Crippen molar-refractivity contribution in [2.24, 2.45) is 0 Å². The highest BCUT2D eigenvalue weighted by Crippen LogP contribution is 2.42. The topological polar surface area (TPSA) is 21.9 Å². The van der Waals surface area contributed by atoms with Gasteiger partial charge in [-0.2, -0.15) is 0 Å². The first-order valence-corrected chi connectivity index (χ1v) is 16.2. The number of benzene rings is 5. The average molecular weight is 586 g/mol. The molecule has 1 N–H and O–H groups in total. The standard InChI is InChI=1S/C42H39N3/c1-29-36(34-20-10-13-23-40(34)44(29)27-31-15-5-3-6-16-31)26-39-37(25-33-19-9-12-22-38(33)43-39)42-30(2)45(28-32-17-7-4-8-18-32)41-24-14-11-21-35(41)42/h3-24,37,39,43H,25-28H2,1-2H3/t37-,39+/m1/s1. The van der Waals surface area contributed by atoms with Crippen molar-refractivity contribution in [3.8, 4) is 0 Å². The van der Waals surface area contributed by atoms with Gasteiger partial charge in [0, 0.05) is 63.9 Å². The van der Waals surface area contributed by atoms with Gasteiger partial charge in [-0.05, 0) is 72.7 Å². The van der Waals surface area contributed by atoms with Crippen LogP contribution in [-0.4, -0.2) is 15.2 Å². The number of para-hydroxylation sites is 3. The van der Waals surface area contributed by atoms with E-state index >= 15 is 0 Å². The second-order valence-corrected chi connectivity index (χ2v) is 12.7. The molecule has 1 aliphatic rings. The van der Waals surface area contributed by atoms with Crippen LogP contribution in [0, 0.1) is 13.8 Å². The van der Waals surface area contributed by atoms with Crippen LogP contribution in [-0.2, 0) is 25.9 Å². The van der Waals surface area contributed by atoms with Crippen LogP contribution in [0.25, 0.3) is 21.8 Å². The quantitative estimate of drug-likeness (QED) is 0.198. The minimum Gasteiger partial charge on any atom is -0.381 e. The first kappa shape index (κ1) is 27.5. The molecular weight excluding hydrogens is 546 g/mol. The zero-order valence-corrected chi connectivity index (χ0v) is 26.1. The van der Waals surface area contributed by atoms with Crippen LogP contribution in [0.2, 0.25) is 0 Å². The monoisotopic (exact) mass is 585 g/mol. The fraction of sp³-hybridized carbons (Fsp3) is 0.190. The number of nitrogens with one attached hydrogen (secondary N) is 1. The highest BCUT2D eigenvalue weighted by molar-refractivity contribution is 5.88. The van der Waals surface area contributed by atoms with Crippen molar-refractivity contribution in [3.63, 3.8) is 0 Å². The smallest absolute Gasteiger partial charge is 0.0488 e. The van der Waals surface area contributed by atoms with Crippen molar-refractivity contribution in [3.05, 3.63) is 173 Å². The fourth-order valence-electron chi connectivity index (χ4n) is 7.86. The summed E-state index contributed by atoms with van der Waals surface area (Å²) in [5.74, 6) is 0.331. The highest BCUT2D eigenvalue weighted by Gasteiger charge is 2.34. The fourth-order valence-corrected chi connectivity index (χ4v) is 7.86. The third-order valence-electron chi connectivity index (χ3n) is 10.1. The zero-order chi connectivity index (χ0) is 30.3. The van der Waals surface area contributed by atoms with Crippen LogP contribution in [0.4, 0.5) is 5.69 Å². The normalized spacial score (nSPS) is 16.1. The number of fused-ring (bicyclic) bond motifs is 3. The van der Waals surface area contributed by atoms with E-state index in [1.165, 1.54) is 66.7 Å². The van der Waals surface area contributed by atoms with Crippen molar-refractivity contribution in [1.82, 2.24) is 9.13 Å². The Bertz CT molecular complexity index is 2120. The van der Waals surface area contributed by atoms with E-state index in [0.717, 1.165) is 25.9 Å². The van der Waals surface area contributed by atoms with E-state index in [4.69, 9.17) is 0 Å². The summed E-state index contributed by atoms with van der Waals surface area (Å²) in [5, 5.41) is 6.83. The lowest BCUT2D eigenvalue weighted by Gasteiger charge is -2.36. The lowest BCUT2D eigenvalue weighted by atomic mass is 9.78. The molecule has 2 atom stereocenters. The van der Waals surface area contributed by atoms with E-state index in [-0.39, 0.29) is 6.04 Å². The number of anilines is 1. The molecule has 0 bridgehead atoms. The second kappa shape index (κ2) is 11.5. The molecule has 0 amide bonds. The van der Waals surface area contributed by atoms with Crippen molar-refractivity contribution in [1.29, 1.82) is 0 Å². The van der Waals surface area contributed by atoms with E-state index in [0.29, 0.717) is 5.92 Å². The maximum atomic E-state index is 4.08. The van der Waals surface area contributed by atoms with E-state index < -0.39 is 0 Å². The molecule has 1 aliphatic heterocycles. The number of rotatable bonds is 7. The van der Waals surface area contributed by atoms with Crippen molar-refractivity contribution in [2.45, 2.75) is 51.7 Å². The second-order valence-electron chi connectivity index (χ2n) is 12.7. The number of hydrogen-bond acceptors (Lipinski definition) is 1. The van der Waals surface area contributed by atoms with E-state index in [2.05, 4.69) is 162 Å². The molecular formula is C42H39N3. The maximum absolute atomic E-state index is 4.08. The Balaban J connectivity index is 1.25. The van der Waals surface area contributed by atoms with Gasteiger partial charge in [0.2, 0.25) is 0 Å². The minimum atomic E-state index is 0.254. The van der Waals surface area contributed by atoms with Gasteiger partial charge in [0.1, 0.15) is 0 Å². The van der Waals surface area contributed by atoms with Crippen LogP contribution < -0.4 is 5.32 Å². The van der Waals surface area contributed by atoms with Gasteiger partial charge in [-0.1, -0.05) is 115 Å². The summed E-state index contributed by atoms with van der Waals surface area (Å²) >= 11 is 0. The molecule has 0 unspecified atom stereocenters. The SMILES string of the molecule is Cc1c(C[C@@H]2Nc3ccccc3C[C@H]2c2c(C)n(Cc3ccccc3)c3ccccc23)c2ccccc2n1Cc1ccccc1. The maximum Gasteiger partial charge on any atom is 0.0488 e.